The van der Waals surface area contributed by atoms with Gasteiger partial charge in [-0.25, -0.2) is 0 Å². The van der Waals surface area contributed by atoms with Crippen LogP contribution in [0.15, 0.2) is 0 Å². The molecule has 5 heteroatoms. The average Bonchev–Trinajstić information content (AvgIpc) is 2.30. The van der Waals surface area contributed by atoms with Gasteiger partial charge in [0, 0.05) is 5.88 Å². The summed E-state index contributed by atoms with van der Waals surface area (Å²) in [6, 6.07) is 0. The highest BCUT2D eigenvalue weighted by Crippen LogP contribution is 2.28. The number of hydrogen-bond donors (Lipinski definition) is 1. The van der Waals surface area contributed by atoms with Crippen molar-refractivity contribution in [2.24, 2.45) is 0 Å². The van der Waals surface area contributed by atoms with E-state index in [0.717, 1.165) is 0 Å². The van der Waals surface area contributed by atoms with Crippen molar-refractivity contribution in [1.82, 2.24) is 0 Å². The number of aliphatic hydroxyl groups is 1. The summed E-state index contributed by atoms with van der Waals surface area (Å²) >= 11 is 14.4. The molecule has 1 heterocycles. The molecule has 11 heavy (non-hydrogen) atoms. The van der Waals surface area contributed by atoms with E-state index in [1.165, 1.54) is 0 Å². The zero-order valence-electron chi connectivity index (χ0n) is 5.71. The number of halogens is 3. The fraction of sp³-hybridized carbons (Fsp3) is 1.00. The molecule has 66 valence electrons. The minimum Gasteiger partial charge on any atom is -0.389 e. The third-order valence-corrected chi connectivity index (χ3v) is 3.46. The first-order valence-electron chi connectivity index (χ1n) is 3.30. The van der Waals surface area contributed by atoms with Crippen LogP contribution in [0.2, 0.25) is 0 Å². The molecule has 1 aliphatic rings. The molecule has 1 fully saturated rings. The van der Waals surface area contributed by atoms with Gasteiger partial charge in [-0.3, -0.25) is 0 Å². The standard InChI is InChI=1S/C6H9BrCl2O2/c7-5-3(1-8)11-4(2-9)6(5)10/h3-6,10H,1-2H2/t3-,4?,5-,6-/m1/s1. The first kappa shape index (κ1) is 10.1. The van der Waals surface area contributed by atoms with E-state index < -0.39 is 6.10 Å². The van der Waals surface area contributed by atoms with Crippen molar-refractivity contribution in [2.75, 3.05) is 11.8 Å². The summed E-state index contributed by atoms with van der Waals surface area (Å²) in [5.41, 5.74) is 0. The highest BCUT2D eigenvalue weighted by molar-refractivity contribution is 9.09. The van der Waals surface area contributed by atoms with Crippen molar-refractivity contribution >= 4 is 39.1 Å². The third-order valence-electron chi connectivity index (χ3n) is 1.72. The Bertz CT molecular complexity index is 118. The van der Waals surface area contributed by atoms with Crippen molar-refractivity contribution in [3.8, 4) is 0 Å². The van der Waals surface area contributed by atoms with Gasteiger partial charge in [0.15, 0.2) is 0 Å². The summed E-state index contributed by atoms with van der Waals surface area (Å²) in [5, 5.41) is 9.44. The molecule has 1 saturated heterocycles. The van der Waals surface area contributed by atoms with Crippen LogP contribution in [0.3, 0.4) is 0 Å². The topological polar surface area (TPSA) is 29.5 Å². The van der Waals surface area contributed by atoms with Crippen LogP contribution in [-0.2, 0) is 4.74 Å². The van der Waals surface area contributed by atoms with Crippen molar-refractivity contribution < 1.29 is 9.84 Å². The highest BCUT2D eigenvalue weighted by atomic mass is 79.9. The Labute approximate surface area is 83.9 Å². The predicted octanol–water partition coefficient (Wildman–Crippen LogP) is 1.36. The third kappa shape index (κ3) is 2.01. The molecule has 1 rings (SSSR count). The maximum Gasteiger partial charge on any atom is 0.0985 e. The Morgan fingerprint density at radius 3 is 2.09 bits per heavy atom. The lowest BCUT2D eigenvalue weighted by Crippen LogP contribution is -2.29. The highest BCUT2D eigenvalue weighted by Gasteiger charge is 2.40. The fourth-order valence-corrected chi connectivity index (χ4v) is 2.44. The van der Waals surface area contributed by atoms with E-state index in [-0.39, 0.29) is 17.0 Å². The molecule has 1 N–H and O–H groups in total. The zero-order valence-corrected chi connectivity index (χ0v) is 8.81. The summed E-state index contributed by atoms with van der Waals surface area (Å²) in [7, 11) is 0. The first-order chi connectivity index (χ1) is 5.20. The average molecular weight is 264 g/mol. The van der Waals surface area contributed by atoms with Crippen molar-refractivity contribution in [3.05, 3.63) is 0 Å². The second kappa shape index (κ2) is 4.28. The molecule has 4 atom stereocenters. The van der Waals surface area contributed by atoms with Gasteiger partial charge >= 0.3 is 0 Å². The summed E-state index contributed by atoms with van der Waals surface area (Å²) in [6.07, 6.45) is -0.962. The normalized spacial score (nSPS) is 44.7. The molecule has 0 aromatic heterocycles. The molecule has 0 aromatic rings. The predicted molar refractivity (Wildman–Crippen MR) is 48.8 cm³/mol. The van der Waals surface area contributed by atoms with Gasteiger partial charge in [-0.05, 0) is 0 Å². The zero-order chi connectivity index (χ0) is 8.43. The number of alkyl halides is 3. The van der Waals surface area contributed by atoms with E-state index in [0.29, 0.717) is 11.8 Å². The van der Waals surface area contributed by atoms with E-state index in [2.05, 4.69) is 15.9 Å². The van der Waals surface area contributed by atoms with Crippen molar-refractivity contribution in [1.29, 1.82) is 0 Å². The summed E-state index contributed by atoms with van der Waals surface area (Å²) in [6.45, 7) is 0. The van der Waals surface area contributed by atoms with Gasteiger partial charge in [-0.2, -0.15) is 0 Å². The maximum absolute atomic E-state index is 9.44. The number of rotatable bonds is 2. The Hall–Kier alpha value is 0.980. The Kier molecular flexibility index (Phi) is 3.92. The molecule has 0 spiro atoms. The van der Waals surface area contributed by atoms with Crippen molar-refractivity contribution in [3.63, 3.8) is 0 Å². The second-order valence-electron chi connectivity index (χ2n) is 2.46. The lowest BCUT2D eigenvalue weighted by molar-refractivity contribution is 0.0320. The van der Waals surface area contributed by atoms with Gasteiger partial charge in [-0.1, -0.05) is 15.9 Å². The lowest BCUT2D eigenvalue weighted by Gasteiger charge is -2.09. The second-order valence-corrected chi connectivity index (χ2v) is 4.13. The smallest absolute Gasteiger partial charge is 0.0985 e. The SMILES string of the molecule is O[C@@H]1C(CCl)O[C@H](CCl)[C@H]1Br. The molecule has 0 aromatic carbocycles. The molecule has 1 unspecified atom stereocenters. The minimum absolute atomic E-state index is 0.0938. The van der Waals surface area contributed by atoms with Gasteiger partial charge in [0.25, 0.3) is 0 Å². The molecule has 0 saturated carbocycles. The lowest BCUT2D eigenvalue weighted by atomic mass is 10.2. The molecule has 0 amide bonds. The molecular formula is C6H9BrCl2O2. The van der Waals surface area contributed by atoms with E-state index in [4.69, 9.17) is 27.9 Å². The summed E-state index contributed by atoms with van der Waals surface area (Å²) < 4.78 is 5.32. The van der Waals surface area contributed by atoms with Crippen LogP contribution in [0.25, 0.3) is 0 Å². The van der Waals surface area contributed by atoms with Crippen LogP contribution >= 0.6 is 39.1 Å². The number of aliphatic hydroxyl groups excluding tert-OH is 1. The molecule has 0 bridgehead atoms. The van der Waals surface area contributed by atoms with Gasteiger partial charge in [0.05, 0.1) is 29.0 Å². The van der Waals surface area contributed by atoms with Crippen LogP contribution in [0.5, 0.6) is 0 Å². The van der Waals surface area contributed by atoms with Crippen molar-refractivity contribution in [2.45, 2.75) is 23.1 Å². The summed E-state index contributed by atoms with van der Waals surface area (Å²) in [5.74, 6) is 0.678. The van der Waals surface area contributed by atoms with Gasteiger partial charge in [-0.15, -0.1) is 23.2 Å². The van der Waals surface area contributed by atoms with Gasteiger partial charge < -0.3 is 9.84 Å². The molecule has 1 aliphatic heterocycles. The van der Waals surface area contributed by atoms with E-state index >= 15 is 0 Å². The monoisotopic (exact) mass is 262 g/mol. The molecule has 0 aliphatic carbocycles. The largest absolute Gasteiger partial charge is 0.389 e. The Morgan fingerprint density at radius 1 is 1.27 bits per heavy atom. The minimum atomic E-state index is -0.545. The maximum atomic E-state index is 9.44. The van der Waals surface area contributed by atoms with E-state index in [9.17, 15) is 5.11 Å². The van der Waals surface area contributed by atoms with Crippen LogP contribution < -0.4 is 0 Å². The number of hydrogen-bond acceptors (Lipinski definition) is 2. The Balaban J connectivity index is 2.53. The van der Waals surface area contributed by atoms with Crippen LogP contribution in [-0.4, -0.2) is 40.0 Å². The quantitative estimate of drug-likeness (QED) is 0.763. The van der Waals surface area contributed by atoms with Crippen LogP contribution in [0.4, 0.5) is 0 Å². The Morgan fingerprint density at radius 2 is 1.82 bits per heavy atom. The fourth-order valence-electron chi connectivity index (χ4n) is 1.05. The number of ether oxygens (including phenoxy) is 1. The van der Waals surface area contributed by atoms with Gasteiger partial charge in [0.2, 0.25) is 0 Å². The van der Waals surface area contributed by atoms with E-state index in [1.54, 1.807) is 0 Å². The molecular weight excluding hydrogens is 255 g/mol. The van der Waals surface area contributed by atoms with Crippen LogP contribution in [0.1, 0.15) is 0 Å². The first-order valence-corrected chi connectivity index (χ1v) is 5.28. The molecule has 0 radical (unpaired) electrons. The van der Waals surface area contributed by atoms with Gasteiger partial charge in [0.1, 0.15) is 0 Å². The van der Waals surface area contributed by atoms with E-state index in [1.807, 2.05) is 0 Å². The molecule has 2 nitrogen and oxygen atoms in total. The van der Waals surface area contributed by atoms with Crippen LogP contribution in [0, 0.1) is 0 Å². The summed E-state index contributed by atoms with van der Waals surface area (Å²) in [4.78, 5) is -0.0938.